The second-order valence-corrected chi connectivity index (χ2v) is 8.09. The van der Waals surface area contributed by atoms with Gasteiger partial charge < -0.3 is 9.72 Å². The van der Waals surface area contributed by atoms with Gasteiger partial charge in [0.1, 0.15) is 10.9 Å². The highest BCUT2D eigenvalue weighted by molar-refractivity contribution is 7.99. The summed E-state index contributed by atoms with van der Waals surface area (Å²) in [5, 5.41) is 11.8. The number of non-ortho nitro benzene ring substituents is 1. The van der Waals surface area contributed by atoms with Gasteiger partial charge in [-0.05, 0) is 23.6 Å². The van der Waals surface area contributed by atoms with Crippen molar-refractivity contribution in [3.63, 3.8) is 0 Å². The quantitative estimate of drug-likeness (QED) is 0.312. The Morgan fingerprint density at radius 1 is 1.30 bits per heavy atom. The summed E-state index contributed by atoms with van der Waals surface area (Å²) in [5.41, 5.74) is 1.75. The standard InChI is InChI=1S/C21H22N4O4S/c1-13(2)19-21(30-17-8-4-7-16(11-17)25(27)28)24-20(23-19)18(29-14(3)26)10-15-6-5-9-22-12-15/h4-9,11-13,18H,10H2,1-3H3,(H,23,24). The minimum absolute atomic E-state index is 0.0280. The third-order valence-electron chi connectivity index (χ3n) is 4.27. The summed E-state index contributed by atoms with van der Waals surface area (Å²) < 4.78 is 5.53. The van der Waals surface area contributed by atoms with Gasteiger partial charge in [-0.2, -0.15) is 0 Å². The number of carbonyl (C=O) groups is 1. The van der Waals surface area contributed by atoms with E-state index in [2.05, 4.69) is 9.97 Å². The summed E-state index contributed by atoms with van der Waals surface area (Å²) in [7, 11) is 0. The first kappa shape index (κ1) is 21.5. The van der Waals surface area contributed by atoms with Crippen LogP contribution in [0.4, 0.5) is 5.69 Å². The fraction of sp³-hybridized carbons (Fsp3) is 0.286. The maximum Gasteiger partial charge on any atom is 0.303 e. The van der Waals surface area contributed by atoms with Crippen molar-refractivity contribution in [3.05, 3.63) is 76.0 Å². The van der Waals surface area contributed by atoms with Gasteiger partial charge in [0.2, 0.25) is 0 Å². The number of esters is 1. The van der Waals surface area contributed by atoms with E-state index in [0.29, 0.717) is 12.2 Å². The highest BCUT2D eigenvalue weighted by Crippen LogP contribution is 2.35. The highest BCUT2D eigenvalue weighted by atomic mass is 32.2. The second kappa shape index (κ2) is 9.53. The molecule has 0 aliphatic carbocycles. The van der Waals surface area contributed by atoms with E-state index in [4.69, 9.17) is 9.72 Å². The number of benzene rings is 1. The molecule has 2 heterocycles. The number of H-pyrrole nitrogens is 1. The first-order chi connectivity index (χ1) is 14.3. The predicted molar refractivity (Wildman–Crippen MR) is 112 cm³/mol. The molecule has 0 fully saturated rings. The molecule has 30 heavy (non-hydrogen) atoms. The van der Waals surface area contributed by atoms with Crippen LogP contribution in [0.5, 0.6) is 0 Å². The van der Waals surface area contributed by atoms with Crippen molar-refractivity contribution in [2.24, 2.45) is 0 Å². The Kier molecular flexibility index (Phi) is 6.83. The lowest BCUT2D eigenvalue weighted by molar-refractivity contribution is -0.385. The molecule has 9 heteroatoms. The van der Waals surface area contributed by atoms with E-state index in [9.17, 15) is 14.9 Å². The predicted octanol–water partition coefficient (Wildman–Crippen LogP) is 4.83. The highest BCUT2D eigenvalue weighted by Gasteiger charge is 2.24. The number of ether oxygens (including phenoxy) is 1. The van der Waals surface area contributed by atoms with E-state index in [-0.39, 0.29) is 11.6 Å². The fourth-order valence-electron chi connectivity index (χ4n) is 2.92. The van der Waals surface area contributed by atoms with Crippen LogP contribution in [-0.4, -0.2) is 25.8 Å². The molecule has 3 rings (SSSR count). The zero-order chi connectivity index (χ0) is 21.7. The number of rotatable bonds is 8. The largest absolute Gasteiger partial charge is 0.454 e. The van der Waals surface area contributed by atoms with Crippen LogP contribution in [-0.2, 0) is 16.0 Å². The van der Waals surface area contributed by atoms with Gasteiger partial charge in [0, 0.05) is 42.8 Å². The minimum Gasteiger partial charge on any atom is -0.454 e. The average molecular weight is 426 g/mol. The third kappa shape index (κ3) is 5.44. The molecule has 0 aliphatic rings. The molecule has 1 unspecified atom stereocenters. The molecule has 1 atom stereocenters. The Bertz CT molecular complexity index is 1040. The van der Waals surface area contributed by atoms with Crippen LogP contribution in [0.25, 0.3) is 0 Å². The molecular formula is C21H22N4O4S. The Labute approximate surface area is 178 Å². The molecule has 1 N–H and O–H groups in total. The van der Waals surface area contributed by atoms with E-state index < -0.39 is 17.0 Å². The lowest BCUT2D eigenvalue weighted by Crippen LogP contribution is -2.13. The fourth-order valence-corrected chi connectivity index (χ4v) is 4.02. The SMILES string of the molecule is CC(=O)OC(Cc1cccnc1)c1nc(C(C)C)c(Sc2cccc([N+](=O)[O-])c2)[nH]1. The van der Waals surface area contributed by atoms with Gasteiger partial charge in [-0.3, -0.25) is 19.9 Å². The van der Waals surface area contributed by atoms with Gasteiger partial charge in [0.05, 0.1) is 10.6 Å². The van der Waals surface area contributed by atoms with E-state index in [0.717, 1.165) is 21.2 Å². The summed E-state index contributed by atoms with van der Waals surface area (Å²) in [6, 6.07) is 10.2. The topological polar surface area (TPSA) is 111 Å². The summed E-state index contributed by atoms with van der Waals surface area (Å²) in [6.07, 6.45) is 3.24. The van der Waals surface area contributed by atoms with Crippen molar-refractivity contribution in [2.75, 3.05) is 0 Å². The number of imidazole rings is 1. The zero-order valence-corrected chi connectivity index (χ0v) is 17.7. The maximum absolute atomic E-state index is 11.7. The van der Waals surface area contributed by atoms with Crippen LogP contribution in [0.15, 0.2) is 58.7 Å². The molecule has 0 spiro atoms. The third-order valence-corrected chi connectivity index (χ3v) is 5.27. The van der Waals surface area contributed by atoms with Gasteiger partial charge in [0.15, 0.2) is 6.10 Å². The van der Waals surface area contributed by atoms with Crippen molar-refractivity contribution in [2.45, 2.75) is 49.1 Å². The maximum atomic E-state index is 11.7. The molecule has 3 aromatic rings. The van der Waals surface area contributed by atoms with Crippen molar-refractivity contribution >= 4 is 23.4 Å². The van der Waals surface area contributed by atoms with Crippen LogP contribution in [0.3, 0.4) is 0 Å². The molecule has 0 bridgehead atoms. The minimum atomic E-state index is -0.594. The average Bonchev–Trinajstić information content (AvgIpc) is 3.12. The van der Waals surface area contributed by atoms with Crippen LogP contribution in [0.1, 0.15) is 49.9 Å². The smallest absolute Gasteiger partial charge is 0.303 e. The summed E-state index contributed by atoms with van der Waals surface area (Å²) in [6.45, 7) is 5.39. The normalized spacial score (nSPS) is 12.0. The number of aromatic nitrogens is 3. The molecule has 8 nitrogen and oxygen atoms in total. The Hall–Kier alpha value is -3.20. The van der Waals surface area contributed by atoms with Crippen molar-refractivity contribution in [1.29, 1.82) is 0 Å². The van der Waals surface area contributed by atoms with Crippen LogP contribution in [0, 0.1) is 10.1 Å². The molecular weight excluding hydrogens is 404 g/mol. The number of nitro benzene ring substituents is 1. The number of aromatic amines is 1. The van der Waals surface area contributed by atoms with E-state index >= 15 is 0 Å². The van der Waals surface area contributed by atoms with Crippen molar-refractivity contribution < 1.29 is 14.5 Å². The van der Waals surface area contributed by atoms with Crippen LogP contribution >= 0.6 is 11.8 Å². The summed E-state index contributed by atoms with van der Waals surface area (Å²) in [4.78, 5) is 35.1. The van der Waals surface area contributed by atoms with Gasteiger partial charge >= 0.3 is 5.97 Å². The van der Waals surface area contributed by atoms with Crippen molar-refractivity contribution in [3.8, 4) is 0 Å². The molecule has 0 amide bonds. The zero-order valence-electron chi connectivity index (χ0n) is 16.9. The molecule has 156 valence electrons. The van der Waals surface area contributed by atoms with E-state index in [1.54, 1.807) is 18.5 Å². The Morgan fingerprint density at radius 3 is 2.73 bits per heavy atom. The number of nitro groups is 1. The van der Waals surface area contributed by atoms with Gasteiger partial charge in [0.25, 0.3) is 5.69 Å². The van der Waals surface area contributed by atoms with Crippen LogP contribution < -0.4 is 0 Å². The van der Waals surface area contributed by atoms with Crippen molar-refractivity contribution in [1.82, 2.24) is 15.0 Å². The monoisotopic (exact) mass is 426 g/mol. The first-order valence-electron chi connectivity index (χ1n) is 9.41. The Morgan fingerprint density at radius 2 is 2.10 bits per heavy atom. The van der Waals surface area contributed by atoms with Crippen LogP contribution in [0.2, 0.25) is 0 Å². The van der Waals surface area contributed by atoms with Gasteiger partial charge in [-0.1, -0.05) is 37.7 Å². The molecule has 1 aromatic carbocycles. The number of carbonyl (C=O) groups excluding carboxylic acids is 1. The number of nitrogens with one attached hydrogen (secondary N) is 1. The molecule has 2 aromatic heterocycles. The molecule has 0 aliphatic heterocycles. The van der Waals surface area contributed by atoms with Gasteiger partial charge in [-0.15, -0.1) is 0 Å². The first-order valence-corrected chi connectivity index (χ1v) is 10.2. The number of pyridine rings is 1. The Balaban J connectivity index is 1.93. The lowest BCUT2D eigenvalue weighted by atomic mass is 10.1. The van der Waals surface area contributed by atoms with Gasteiger partial charge in [-0.25, -0.2) is 4.98 Å². The lowest BCUT2D eigenvalue weighted by Gasteiger charge is -2.14. The number of hydrogen-bond acceptors (Lipinski definition) is 7. The number of nitrogens with zero attached hydrogens (tertiary/aromatic N) is 3. The second-order valence-electron chi connectivity index (χ2n) is 7.01. The molecule has 0 saturated carbocycles. The molecule has 0 radical (unpaired) electrons. The summed E-state index contributed by atoms with van der Waals surface area (Å²) in [5.74, 6) is 0.234. The molecule has 0 saturated heterocycles. The number of hydrogen-bond donors (Lipinski definition) is 1. The summed E-state index contributed by atoms with van der Waals surface area (Å²) >= 11 is 1.36. The van der Waals surface area contributed by atoms with E-state index in [1.807, 2.05) is 32.0 Å². The van der Waals surface area contributed by atoms with E-state index in [1.165, 1.54) is 30.8 Å².